The van der Waals surface area contributed by atoms with Gasteiger partial charge in [0.1, 0.15) is 5.82 Å². The van der Waals surface area contributed by atoms with Crippen LogP contribution in [0.1, 0.15) is 12.0 Å². The molecule has 1 aliphatic rings. The minimum Gasteiger partial charge on any atom is -0.395 e. The number of hydrogen-bond acceptors (Lipinski definition) is 3. The van der Waals surface area contributed by atoms with Gasteiger partial charge in [-0.1, -0.05) is 17.7 Å². The summed E-state index contributed by atoms with van der Waals surface area (Å²) in [5.41, 5.74) is 0.583. The van der Waals surface area contributed by atoms with Crippen LogP contribution in [0.4, 0.5) is 4.39 Å². The second kappa shape index (κ2) is 7.20. The zero-order chi connectivity index (χ0) is 13.7. The Bertz CT molecular complexity index is 396. The standard InChI is InChI=1S/C14H20ClFN2O/c15-13-3-1-4-14(16)12(13)11-18-6-2-5-17(7-8-18)9-10-19/h1,3-4,19H,2,5-11H2. The molecule has 5 heteroatoms. The SMILES string of the molecule is OCCN1CCCN(Cc2c(F)cccc2Cl)CC1. The van der Waals surface area contributed by atoms with Crippen LogP contribution in [0.5, 0.6) is 0 Å². The summed E-state index contributed by atoms with van der Waals surface area (Å²) in [6, 6.07) is 4.82. The molecule has 0 radical (unpaired) electrons. The van der Waals surface area contributed by atoms with E-state index >= 15 is 0 Å². The Morgan fingerprint density at radius 2 is 1.89 bits per heavy atom. The Morgan fingerprint density at radius 1 is 1.16 bits per heavy atom. The van der Waals surface area contributed by atoms with Crippen LogP contribution in [0, 0.1) is 5.82 Å². The first-order valence-electron chi connectivity index (χ1n) is 6.69. The van der Waals surface area contributed by atoms with Crippen molar-refractivity contribution in [2.24, 2.45) is 0 Å². The van der Waals surface area contributed by atoms with Gasteiger partial charge in [0.25, 0.3) is 0 Å². The summed E-state index contributed by atoms with van der Waals surface area (Å²) in [6.45, 7) is 5.18. The van der Waals surface area contributed by atoms with Crippen molar-refractivity contribution in [1.29, 1.82) is 0 Å². The van der Waals surface area contributed by atoms with Gasteiger partial charge in [-0.3, -0.25) is 9.80 Å². The van der Waals surface area contributed by atoms with Crippen LogP contribution in [0.25, 0.3) is 0 Å². The van der Waals surface area contributed by atoms with E-state index in [1.165, 1.54) is 6.07 Å². The minimum absolute atomic E-state index is 0.194. The number of aliphatic hydroxyl groups is 1. The second-order valence-electron chi connectivity index (χ2n) is 4.90. The molecule has 0 aliphatic carbocycles. The van der Waals surface area contributed by atoms with E-state index in [2.05, 4.69) is 9.80 Å². The highest BCUT2D eigenvalue weighted by Crippen LogP contribution is 2.21. The Morgan fingerprint density at radius 3 is 2.63 bits per heavy atom. The molecule has 0 saturated carbocycles. The van der Waals surface area contributed by atoms with Crippen molar-refractivity contribution in [3.63, 3.8) is 0 Å². The molecule has 0 unspecified atom stereocenters. The number of benzene rings is 1. The predicted octanol–water partition coefficient (Wildman–Crippen LogP) is 1.98. The van der Waals surface area contributed by atoms with Crippen molar-refractivity contribution in [3.8, 4) is 0 Å². The number of hydrogen-bond donors (Lipinski definition) is 1. The third-order valence-electron chi connectivity index (χ3n) is 3.54. The van der Waals surface area contributed by atoms with Crippen molar-refractivity contribution in [3.05, 3.63) is 34.6 Å². The van der Waals surface area contributed by atoms with E-state index in [4.69, 9.17) is 16.7 Å². The number of rotatable bonds is 4. The van der Waals surface area contributed by atoms with Gasteiger partial charge in [0.05, 0.1) is 6.61 Å². The Balaban J connectivity index is 1.96. The highest BCUT2D eigenvalue weighted by molar-refractivity contribution is 6.31. The molecule has 1 aromatic carbocycles. The maximum atomic E-state index is 13.7. The smallest absolute Gasteiger partial charge is 0.129 e. The van der Waals surface area contributed by atoms with E-state index in [-0.39, 0.29) is 12.4 Å². The van der Waals surface area contributed by atoms with E-state index in [0.717, 1.165) is 32.6 Å². The molecule has 3 nitrogen and oxygen atoms in total. The van der Waals surface area contributed by atoms with Crippen molar-refractivity contribution < 1.29 is 9.50 Å². The molecule has 1 saturated heterocycles. The maximum Gasteiger partial charge on any atom is 0.129 e. The summed E-state index contributed by atoms with van der Waals surface area (Å²) in [5.74, 6) is -0.232. The zero-order valence-electron chi connectivity index (χ0n) is 11.0. The predicted molar refractivity (Wildman–Crippen MR) is 74.8 cm³/mol. The molecule has 1 heterocycles. The molecule has 2 rings (SSSR count). The van der Waals surface area contributed by atoms with E-state index in [9.17, 15) is 4.39 Å². The summed E-state index contributed by atoms with van der Waals surface area (Å²) >= 11 is 6.06. The van der Waals surface area contributed by atoms with Crippen LogP contribution in [0.3, 0.4) is 0 Å². The lowest BCUT2D eigenvalue weighted by molar-refractivity contribution is 0.195. The van der Waals surface area contributed by atoms with Gasteiger partial charge in [-0.05, 0) is 31.6 Å². The first-order valence-corrected chi connectivity index (χ1v) is 7.07. The van der Waals surface area contributed by atoms with E-state index in [1.54, 1.807) is 12.1 Å². The minimum atomic E-state index is -0.232. The first kappa shape index (κ1) is 14.7. The van der Waals surface area contributed by atoms with Gasteiger partial charge in [0.2, 0.25) is 0 Å². The number of nitrogens with zero attached hydrogens (tertiary/aromatic N) is 2. The molecule has 1 aromatic rings. The average molecular weight is 287 g/mol. The largest absolute Gasteiger partial charge is 0.395 e. The van der Waals surface area contributed by atoms with Gasteiger partial charge in [0.15, 0.2) is 0 Å². The molecular formula is C14H20ClFN2O. The summed E-state index contributed by atoms with van der Waals surface area (Å²) in [7, 11) is 0. The molecule has 1 fully saturated rings. The molecule has 19 heavy (non-hydrogen) atoms. The van der Waals surface area contributed by atoms with Gasteiger partial charge in [-0.25, -0.2) is 4.39 Å². The zero-order valence-corrected chi connectivity index (χ0v) is 11.7. The van der Waals surface area contributed by atoms with Crippen LogP contribution in [-0.2, 0) is 6.54 Å². The quantitative estimate of drug-likeness (QED) is 0.917. The number of β-amino-alcohol motifs (C(OH)–C–C–N with tert-alkyl or cyclic N) is 1. The molecule has 0 aromatic heterocycles. The average Bonchev–Trinajstić information content (AvgIpc) is 2.60. The number of aliphatic hydroxyl groups excluding tert-OH is 1. The third-order valence-corrected chi connectivity index (χ3v) is 3.89. The van der Waals surface area contributed by atoms with Gasteiger partial charge in [0, 0.05) is 36.8 Å². The highest BCUT2D eigenvalue weighted by atomic mass is 35.5. The van der Waals surface area contributed by atoms with Crippen LogP contribution in [-0.4, -0.2) is 54.2 Å². The highest BCUT2D eigenvalue weighted by Gasteiger charge is 2.17. The Kier molecular flexibility index (Phi) is 5.58. The lowest BCUT2D eigenvalue weighted by Gasteiger charge is -2.21. The van der Waals surface area contributed by atoms with Crippen LogP contribution in [0.2, 0.25) is 5.02 Å². The maximum absolute atomic E-state index is 13.7. The fraction of sp³-hybridized carbons (Fsp3) is 0.571. The monoisotopic (exact) mass is 286 g/mol. The van der Waals surface area contributed by atoms with Gasteiger partial charge in [-0.15, -0.1) is 0 Å². The van der Waals surface area contributed by atoms with E-state index < -0.39 is 0 Å². The fourth-order valence-electron chi connectivity index (χ4n) is 2.45. The summed E-state index contributed by atoms with van der Waals surface area (Å²) in [4.78, 5) is 4.46. The molecule has 0 spiro atoms. The topological polar surface area (TPSA) is 26.7 Å². The molecular weight excluding hydrogens is 267 g/mol. The third kappa shape index (κ3) is 4.14. The van der Waals surface area contributed by atoms with E-state index in [0.29, 0.717) is 23.7 Å². The van der Waals surface area contributed by atoms with Gasteiger partial charge in [-0.2, -0.15) is 0 Å². The molecule has 106 valence electrons. The van der Waals surface area contributed by atoms with Crippen molar-refractivity contribution in [1.82, 2.24) is 9.80 Å². The summed E-state index contributed by atoms with van der Waals surface area (Å²) in [5, 5.41) is 9.46. The van der Waals surface area contributed by atoms with E-state index in [1.807, 2.05) is 0 Å². The second-order valence-corrected chi connectivity index (χ2v) is 5.30. The molecule has 1 aliphatic heterocycles. The van der Waals surface area contributed by atoms with Crippen LogP contribution < -0.4 is 0 Å². The molecule has 0 amide bonds. The van der Waals surface area contributed by atoms with Crippen LogP contribution >= 0.6 is 11.6 Å². The van der Waals surface area contributed by atoms with Gasteiger partial charge < -0.3 is 5.11 Å². The molecule has 1 N–H and O–H groups in total. The summed E-state index contributed by atoms with van der Waals surface area (Å²) < 4.78 is 13.7. The fourth-order valence-corrected chi connectivity index (χ4v) is 2.68. The Hall–Kier alpha value is -0.680. The summed E-state index contributed by atoms with van der Waals surface area (Å²) in [6.07, 6.45) is 1.03. The molecule has 0 atom stereocenters. The Labute approximate surface area is 118 Å². The lowest BCUT2D eigenvalue weighted by Crippen LogP contribution is -2.32. The van der Waals surface area contributed by atoms with Crippen molar-refractivity contribution >= 4 is 11.6 Å². The lowest BCUT2D eigenvalue weighted by atomic mass is 10.2. The molecule has 0 bridgehead atoms. The first-order chi connectivity index (χ1) is 9.20. The normalized spacial score (nSPS) is 18.5. The van der Waals surface area contributed by atoms with Crippen LogP contribution in [0.15, 0.2) is 18.2 Å². The van der Waals surface area contributed by atoms with Crippen molar-refractivity contribution in [2.45, 2.75) is 13.0 Å². The van der Waals surface area contributed by atoms with Gasteiger partial charge >= 0.3 is 0 Å². The number of halogens is 2. The van der Waals surface area contributed by atoms with Crippen molar-refractivity contribution in [2.75, 3.05) is 39.3 Å².